The van der Waals surface area contributed by atoms with Crippen molar-refractivity contribution in [1.29, 1.82) is 0 Å². The van der Waals surface area contributed by atoms with E-state index in [9.17, 15) is 17.6 Å². The van der Waals surface area contributed by atoms with Crippen LogP contribution in [0.2, 0.25) is 0 Å². The van der Waals surface area contributed by atoms with Crippen LogP contribution in [0.25, 0.3) is 0 Å². The Labute approximate surface area is 162 Å². The fourth-order valence-electron chi connectivity index (χ4n) is 2.78. The van der Waals surface area contributed by atoms with E-state index in [4.69, 9.17) is 0 Å². The number of rotatable bonds is 5. The molecule has 5 nitrogen and oxygen atoms in total. The van der Waals surface area contributed by atoms with Crippen LogP contribution in [0.1, 0.15) is 16.8 Å². The van der Waals surface area contributed by atoms with E-state index >= 15 is 0 Å². The number of carbonyl (C=O) groups excluding carboxylic acids is 1. The summed E-state index contributed by atoms with van der Waals surface area (Å²) in [6.07, 6.45) is 2.16. The first-order valence-corrected chi connectivity index (χ1v) is 10.8. The summed E-state index contributed by atoms with van der Waals surface area (Å²) < 4.78 is 40.9. The van der Waals surface area contributed by atoms with Crippen LogP contribution in [-0.4, -0.2) is 33.2 Å². The van der Waals surface area contributed by atoms with Crippen molar-refractivity contribution in [2.24, 2.45) is 0 Å². The Hall–Kier alpha value is -2.16. The number of thioether (sulfide) groups is 1. The van der Waals surface area contributed by atoms with Crippen LogP contribution in [-0.2, 0) is 10.0 Å². The lowest BCUT2D eigenvalue weighted by Crippen LogP contribution is -2.32. The highest BCUT2D eigenvalue weighted by Gasteiger charge is 2.25. The zero-order valence-corrected chi connectivity index (χ0v) is 16.2. The van der Waals surface area contributed by atoms with Crippen molar-refractivity contribution in [2.75, 3.05) is 23.7 Å². The normalized spacial score (nSPS) is 14.3. The summed E-state index contributed by atoms with van der Waals surface area (Å²) in [7, 11) is -4.08. The Morgan fingerprint density at radius 2 is 2.07 bits per heavy atom. The lowest BCUT2D eigenvalue weighted by molar-refractivity contribution is 0.0986. The molecule has 8 heteroatoms. The van der Waals surface area contributed by atoms with Crippen LogP contribution in [0.15, 0.2) is 64.9 Å². The first kappa shape index (κ1) is 19.6. The van der Waals surface area contributed by atoms with Gasteiger partial charge in [0.25, 0.3) is 5.91 Å². The van der Waals surface area contributed by atoms with Gasteiger partial charge in [-0.2, -0.15) is 0 Å². The van der Waals surface area contributed by atoms with Gasteiger partial charge in [0.15, 0.2) is 0 Å². The Morgan fingerprint density at radius 3 is 2.85 bits per heavy atom. The van der Waals surface area contributed by atoms with E-state index in [1.807, 2.05) is 24.3 Å². The maximum atomic E-state index is 14.1. The Balaban J connectivity index is 1.99. The molecule has 0 unspecified atom stereocenters. The quantitative estimate of drug-likeness (QED) is 0.773. The predicted octanol–water partition coefficient (Wildman–Crippen LogP) is 3.43. The topological polar surface area (TPSA) is 66.5 Å². The molecule has 1 aliphatic rings. The van der Waals surface area contributed by atoms with Crippen LogP contribution in [0.4, 0.5) is 10.1 Å². The van der Waals surface area contributed by atoms with E-state index in [1.54, 1.807) is 16.7 Å². The molecule has 1 amide bonds. The highest BCUT2D eigenvalue weighted by atomic mass is 32.2. The van der Waals surface area contributed by atoms with Gasteiger partial charge in [-0.25, -0.2) is 17.5 Å². The number of para-hydroxylation sites is 1. The third kappa shape index (κ3) is 4.23. The standard InChI is InChI=1S/C19H19FN2O3S2/c1-2-10-21-27(24,25)18-13-14(8-9-15(18)20)19(23)22-11-5-12-26-17-7-4-3-6-16(17)22/h2-4,6-9,13,21H,1,5,10-12H2. The minimum absolute atomic E-state index is 0.0311. The molecular weight excluding hydrogens is 387 g/mol. The smallest absolute Gasteiger partial charge is 0.258 e. The molecular formula is C19H19FN2O3S2. The molecule has 27 heavy (non-hydrogen) atoms. The SMILES string of the molecule is C=CCNS(=O)(=O)c1cc(C(=O)N2CCCSc3ccccc32)ccc1F. The fourth-order valence-corrected chi connectivity index (χ4v) is 4.88. The van der Waals surface area contributed by atoms with E-state index in [-0.39, 0.29) is 18.0 Å². The molecule has 1 heterocycles. The molecule has 0 radical (unpaired) electrons. The number of carbonyl (C=O) groups is 1. The second kappa shape index (κ2) is 8.24. The molecule has 0 aromatic heterocycles. The van der Waals surface area contributed by atoms with Crippen molar-refractivity contribution in [3.63, 3.8) is 0 Å². The summed E-state index contributed by atoms with van der Waals surface area (Å²) in [4.78, 5) is 15.1. The molecule has 1 aliphatic heterocycles. The number of nitrogens with one attached hydrogen (secondary N) is 1. The van der Waals surface area contributed by atoms with E-state index < -0.39 is 20.7 Å². The molecule has 0 saturated heterocycles. The summed E-state index contributed by atoms with van der Waals surface area (Å²) in [6.45, 7) is 3.91. The number of anilines is 1. The second-order valence-electron chi connectivity index (χ2n) is 5.91. The van der Waals surface area contributed by atoms with Gasteiger partial charge in [0.2, 0.25) is 10.0 Å². The number of hydrogen-bond donors (Lipinski definition) is 1. The first-order valence-electron chi connectivity index (χ1n) is 8.38. The van der Waals surface area contributed by atoms with Gasteiger partial charge in [-0.3, -0.25) is 4.79 Å². The lowest BCUT2D eigenvalue weighted by atomic mass is 10.1. The van der Waals surface area contributed by atoms with Gasteiger partial charge < -0.3 is 4.90 Å². The molecule has 2 aromatic rings. The molecule has 3 rings (SSSR count). The molecule has 0 aliphatic carbocycles. The van der Waals surface area contributed by atoms with Crippen LogP contribution >= 0.6 is 11.8 Å². The van der Waals surface area contributed by atoms with Gasteiger partial charge >= 0.3 is 0 Å². The molecule has 0 saturated carbocycles. The fraction of sp³-hybridized carbons (Fsp3) is 0.211. The summed E-state index contributed by atoms with van der Waals surface area (Å²) in [5.74, 6) is -0.380. The van der Waals surface area contributed by atoms with Crippen LogP contribution < -0.4 is 9.62 Å². The zero-order valence-electron chi connectivity index (χ0n) is 14.5. The molecule has 0 bridgehead atoms. The van der Waals surface area contributed by atoms with Crippen LogP contribution in [0.3, 0.4) is 0 Å². The minimum Gasteiger partial charge on any atom is -0.307 e. The van der Waals surface area contributed by atoms with Crippen molar-refractivity contribution in [3.8, 4) is 0 Å². The summed E-state index contributed by atoms with van der Waals surface area (Å²) >= 11 is 1.68. The summed E-state index contributed by atoms with van der Waals surface area (Å²) in [5, 5.41) is 0. The highest BCUT2D eigenvalue weighted by Crippen LogP contribution is 2.34. The molecule has 0 atom stereocenters. The number of benzene rings is 2. The predicted molar refractivity (Wildman–Crippen MR) is 105 cm³/mol. The third-order valence-corrected chi connectivity index (χ3v) is 6.66. The van der Waals surface area contributed by atoms with E-state index in [2.05, 4.69) is 11.3 Å². The van der Waals surface area contributed by atoms with Gasteiger partial charge in [-0.1, -0.05) is 18.2 Å². The average molecular weight is 407 g/mol. The minimum atomic E-state index is -4.08. The monoisotopic (exact) mass is 406 g/mol. The number of hydrogen-bond acceptors (Lipinski definition) is 4. The maximum absolute atomic E-state index is 14.1. The summed E-state index contributed by atoms with van der Waals surface area (Å²) in [5.41, 5.74) is 0.903. The second-order valence-corrected chi connectivity index (χ2v) is 8.78. The van der Waals surface area contributed by atoms with Crippen molar-refractivity contribution >= 4 is 33.4 Å². The largest absolute Gasteiger partial charge is 0.307 e. The van der Waals surface area contributed by atoms with Gasteiger partial charge in [-0.15, -0.1) is 18.3 Å². The molecule has 142 valence electrons. The van der Waals surface area contributed by atoms with Crippen LogP contribution in [0, 0.1) is 5.82 Å². The molecule has 0 spiro atoms. The Morgan fingerprint density at radius 1 is 1.30 bits per heavy atom. The summed E-state index contributed by atoms with van der Waals surface area (Å²) in [6, 6.07) is 11.0. The van der Waals surface area contributed by atoms with Crippen molar-refractivity contribution in [2.45, 2.75) is 16.2 Å². The maximum Gasteiger partial charge on any atom is 0.258 e. The van der Waals surface area contributed by atoms with Gasteiger partial charge in [-0.05, 0) is 42.5 Å². The average Bonchev–Trinajstić information content (AvgIpc) is 2.88. The molecule has 0 fully saturated rings. The molecule has 1 N–H and O–H groups in total. The van der Waals surface area contributed by atoms with Crippen molar-refractivity contribution in [1.82, 2.24) is 4.72 Å². The van der Waals surface area contributed by atoms with Gasteiger partial charge in [0.1, 0.15) is 10.7 Å². The Kier molecular flexibility index (Phi) is 5.98. The van der Waals surface area contributed by atoms with Crippen molar-refractivity contribution < 1.29 is 17.6 Å². The lowest BCUT2D eigenvalue weighted by Gasteiger charge is -2.23. The Bertz CT molecular complexity index is 977. The zero-order chi connectivity index (χ0) is 19.4. The van der Waals surface area contributed by atoms with Gasteiger partial charge in [0, 0.05) is 23.5 Å². The third-order valence-electron chi connectivity index (χ3n) is 4.07. The number of nitrogens with zero attached hydrogens (tertiary/aromatic N) is 1. The van der Waals surface area contributed by atoms with E-state index in [0.29, 0.717) is 6.54 Å². The van der Waals surface area contributed by atoms with Gasteiger partial charge in [0.05, 0.1) is 5.69 Å². The highest BCUT2D eigenvalue weighted by molar-refractivity contribution is 7.99. The number of amides is 1. The first-order chi connectivity index (χ1) is 12.9. The van der Waals surface area contributed by atoms with Crippen molar-refractivity contribution in [3.05, 3.63) is 66.5 Å². The number of fused-ring (bicyclic) bond motifs is 1. The molecule has 2 aromatic carbocycles. The van der Waals surface area contributed by atoms with E-state index in [1.165, 1.54) is 12.1 Å². The number of sulfonamides is 1. The van der Waals surface area contributed by atoms with E-state index in [0.717, 1.165) is 34.9 Å². The number of halogens is 1. The van der Waals surface area contributed by atoms with Crippen LogP contribution in [0.5, 0.6) is 0 Å².